The quantitative estimate of drug-likeness (QED) is 0.715. The van der Waals surface area contributed by atoms with E-state index in [1.807, 2.05) is 13.0 Å². The molecule has 0 aliphatic heterocycles. The summed E-state index contributed by atoms with van der Waals surface area (Å²) in [4.78, 5) is 24.5. The molecule has 138 valence electrons. The van der Waals surface area contributed by atoms with Gasteiger partial charge in [0.2, 0.25) is 0 Å². The molecule has 0 spiro atoms. The van der Waals surface area contributed by atoms with Crippen molar-refractivity contribution in [3.63, 3.8) is 0 Å². The summed E-state index contributed by atoms with van der Waals surface area (Å²) in [6.07, 6.45) is 0. The summed E-state index contributed by atoms with van der Waals surface area (Å²) in [5.41, 5.74) is 1.23. The number of aromatic nitrogens is 2. The number of hydrogen-bond donors (Lipinski definition) is 2. The van der Waals surface area contributed by atoms with E-state index in [4.69, 9.17) is 0 Å². The van der Waals surface area contributed by atoms with Gasteiger partial charge in [-0.15, -0.1) is 0 Å². The topological polar surface area (TPSA) is 84.2 Å². The zero-order valence-corrected chi connectivity index (χ0v) is 14.9. The van der Waals surface area contributed by atoms with Crippen LogP contribution in [0, 0.1) is 12.7 Å². The summed E-state index contributed by atoms with van der Waals surface area (Å²) in [5, 5.41) is 16.5. The van der Waals surface area contributed by atoms with Crippen molar-refractivity contribution in [2.45, 2.75) is 20.4 Å². The standard InChI is InChI=1S/C20H18FN3O3/c1-3-24-18(20(26)27)17(16(23-24)14-9-4-5-10-15(14)21)22-19(25)13-8-6-7-12(2)11-13/h4-11H,3H2,1-2H3,(H,22,25)(H,26,27). The molecular weight excluding hydrogens is 349 g/mol. The number of carbonyl (C=O) groups excluding carboxylic acids is 1. The molecule has 0 radical (unpaired) electrons. The molecule has 0 saturated carbocycles. The van der Waals surface area contributed by atoms with Crippen LogP contribution in [-0.2, 0) is 6.54 Å². The van der Waals surface area contributed by atoms with Crippen molar-refractivity contribution in [1.29, 1.82) is 0 Å². The average Bonchev–Trinajstić information content (AvgIpc) is 3.00. The van der Waals surface area contributed by atoms with Gasteiger partial charge < -0.3 is 10.4 Å². The number of carboxylic acids is 1. The Bertz CT molecular complexity index is 1030. The zero-order chi connectivity index (χ0) is 19.6. The number of nitrogens with one attached hydrogen (secondary N) is 1. The third-order valence-electron chi connectivity index (χ3n) is 4.10. The molecule has 2 N–H and O–H groups in total. The fourth-order valence-electron chi connectivity index (χ4n) is 2.84. The molecule has 7 heteroatoms. The molecule has 1 amide bonds. The highest BCUT2D eigenvalue weighted by atomic mass is 19.1. The largest absolute Gasteiger partial charge is 0.476 e. The third kappa shape index (κ3) is 3.57. The molecule has 0 bridgehead atoms. The number of halogens is 1. The van der Waals surface area contributed by atoms with Gasteiger partial charge in [0, 0.05) is 17.7 Å². The van der Waals surface area contributed by atoms with Gasteiger partial charge in [0.05, 0.1) is 0 Å². The van der Waals surface area contributed by atoms with Gasteiger partial charge in [0.15, 0.2) is 5.69 Å². The number of nitrogens with zero attached hydrogens (tertiary/aromatic N) is 2. The zero-order valence-electron chi connectivity index (χ0n) is 14.9. The molecule has 1 heterocycles. The maximum Gasteiger partial charge on any atom is 0.356 e. The van der Waals surface area contributed by atoms with Crippen LogP contribution in [0.15, 0.2) is 48.5 Å². The van der Waals surface area contributed by atoms with Crippen molar-refractivity contribution >= 4 is 17.6 Å². The first-order valence-electron chi connectivity index (χ1n) is 8.39. The minimum Gasteiger partial charge on any atom is -0.476 e. The molecule has 0 aliphatic carbocycles. The summed E-state index contributed by atoms with van der Waals surface area (Å²) in [6, 6.07) is 12.8. The van der Waals surface area contributed by atoms with Gasteiger partial charge in [-0.25, -0.2) is 9.18 Å². The fraction of sp³-hybridized carbons (Fsp3) is 0.150. The summed E-state index contributed by atoms with van der Waals surface area (Å²) in [6.45, 7) is 3.82. The van der Waals surface area contributed by atoms with E-state index < -0.39 is 17.7 Å². The first-order chi connectivity index (χ1) is 12.9. The van der Waals surface area contributed by atoms with Gasteiger partial charge in [0.25, 0.3) is 5.91 Å². The monoisotopic (exact) mass is 367 g/mol. The third-order valence-corrected chi connectivity index (χ3v) is 4.10. The van der Waals surface area contributed by atoms with Crippen LogP contribution in [0.3, 0.4) is 0 Å². The average molecular weight is 367 g/mol. The van der Waals surface area contributed by atoms with Gasteiger partial charge in [-0.2, -0.15) is 5.10 Å². The molecule has 0 atom stereocenters. The first kappa shape index (κ1) is 18.3. The van der Waals surface area contributed by atoms with Gasteiger partial charge in [-0.1, -0.05) is 29.8 Å². The van der Waals surface area contributed by atoms with Crippen LogP contribution in [0.4, 0.5) is 10.1 Å². The van der Waals surface area contributed by atoms with Crippen molar-refractivity contribution in [2.75, 3.05) is 5.32 Å². The van der Waals surface area contributed by atoms with Crippen molar-refractivity contribution < 1.29 is 19.1 Å². The van der Waals surface area contributed by atoms with Gasteiger partial charge in [0.1, 0.15) is 17.2 Å². The Morgan fingerprint density at radius 3 is 2.56 bits per heavy atom. The summed E-state index contributed by atoms with van der Waals surface area (Å²) >= 11 is 0. The highest BCUT2D eigenvalue weighted by molar-refractivity contribution is 6.10. The number of rotatable bonds is 5. The van der Waals surface area contributed by atoms with Crippen molar-refractivity contribution in [3.05, 3.63) is 71.2 Å². The smallest absolute Gasteiger partial charge is 0.356 e. The number of anilines is 1. The van der Waals surface area contributed by atoms with Crippen molar-refractivity contribution in [3.8, 4) is 11.3 Å². The van der Waals surface area contributed by atoms with Crippen LogP contribution in [0.1, 0.15) is 33.3 Å². The van der Waals surface area contributed by atoms with E-state index in [2.05, 4.69) is 10.4 Å². The van der Waals surface area contributed by atoms with Crippen molar-refractivity contribution in [1.82, 2.24) is 9.78 Å². The van der Waals surface area contributed by atoms with E-state index in [1.165, 1.54) is 22.9 Å². The lowest BCUT2D eigenvalue weighted by Gasteiger charge is -2.08. The van der Waals surface area contributed by atoms with E-state index in [9.17, 15) is 19.1 Å². The summed E-state index contributed by atoms with van der Waals surface area (Å²) < 4.78 is 15.5. The molecule has 0 saturated heterocycles. The lowest BCUT2D eigenvalue weighted by atomic mass is 10.1. The van der Waals surface area contributed by atoms with E-state index in [0.29, 0.717) is 5.56 Å². The lowest BCUT2D eigenvalue weighted by molar-refractivity contribution is 0.0684. The molecule has 0 unspecified atom stereocenters. The maximum absolute atomic E-state index is 14.3. The number of carbonyl (C=O) groups is 2. The second kappa shape index (κ2) is 7.41. The molecule has 3 aromatic rings. The van der Waals surface area contributed by atoms with Crippen LogP contribution in [-0.4, -0.2) is 26.8 Å². The van der Waals surface area contributed by atoms with Crippen LogP contribution < -0.4 is 5.32 Å². The van der Waals surface area contributed by atoms with Gasteiger partial charge in [-0.05, 0) is 38.1 Å². The number of hydrogen-bond acceptors (Lipinski definition) is 3. The molecule has 0 fully saturated rings. The van der Waals surface area contributed by atoms with Crippen LogP contribution in [0.25, 0.3) is 11.3 Å². The number of amides is 1. The van der Waals surface area contributed by atoms with E-state index in [1.54, 1.807) is 31.2 Å². The number of benzene rings is 2. The maximum atomic E-state index is 14.3. The van der Waals surface area contributed by atoms with Gasteiger partial charge in [-0.3, -0.25) is 9.48 Å². The second-order valence-electron chi connectivity index (χ2n) is 6.00. The Morgan fingerprint density at radius 2 is 1.93 bits per heavy atom. The Hall–Kier alpha value is -3.48. The SMILES string of the molecule is CCn1nc(-c2ccccc2F)c(NC(=O)c2cccc(C)c2)c1C(=O)O. The summed E-state index contributed by atoms with van der Waals surface area (Å²) in [7, 11) is 0. The van der Waals surface area contributed by atoms with E-state index in [-0.39, 0.29) is 29.2 Å². The van der Waals surface area contributed by atoms with Crippen LogP contribution in [0.2, 0.25) is 0 Å². The highest BCUT2D eigenvalue weighted by Gasteiger charge is 2.26. The molecule has 2 aromatic carbocycles. The molecular formula is C20H18FN3O3. The Labute approximate surface area is 155 Å². The second-order valence-corrected chi connectivity index (χ2v) is 6.00. The minimum absolute atomic E-state index is 0.0269. The number of carboxylic acid groups (broad SMARTS) is 1. The Balaban J connectivity index is 2.14. The van der Waals surface area contributed by atoms with Gasteiger partial charge >= 0.3 is 5.97 Å². The molecule has 3 rings (SSSR count). The normalized spacial score (nSPS) is 10.6. The first-order valence-corrected chi connectivity index (χ1v) is 8.39. The molecule has 1 aromatic heterocycles. The van der Waals surface area contributed by atoms with E-state index >= 15 is 0 Å². The Morgan fingerprint density at radius 1 is 1.19 bits per heavy atom. The lowest BCUT2D eigenvalue weighted by Crippen LogP contribution is -2.16. The summed E-state index contributed by atoms with van der Waals surface area (Å²) in [5.74, 6) is -2.30. The predicted molar refractivity (Wildman–Crippen MR) is 99.4 cm³/mol. The molecule has 6 nitrogen and oxygen atoms in total. The van der Waals surface area contributed by atoms with Crippen LogP contribution in [0.5, 0.6) is 0 Å². The van der Waals surface area contributed by atoms with E-state index in [0.717, 1.165) is 5.56 Å². The molecule has 27 heavy (non-hydrogen) atoms. The fourth-order valence-corrected chi connectivity index (χ4v) is 2.84. The van der Waals surface area contributed by atoms with Crippen LogP contribution >= 0.6 is 0 Å². The number of aryl methyl sites for hydroxylation is 2. The number of aromatic carboxylic acids is 1. The minimum atomic E-state index is -1.26. The van der Waals surface area contributed by atoms with Crippen molar-refractivity contribution in [2.24, 2.45) is 0 Å². The Kier molecular flexibility index (Phi) is 5.03. The molecule has 0 aliphatic rings. The predicted octanol–water partition coefficient (Wildman–Crippen LogP) is 3.97. The highest BCUT2D eigenvalue weighted by Crippen LogP contribution is 2.32.